The number of hydrogen-bond donors (Lipinski definition) is 2. The lowest BCUT2D eigenvalue weighted by Crippen LogP contribution is -2.38. The summed E-state index contributed by atoms with van der Waals surface area (Å²) >= 11 is 0. The highest BCUT2D eigenvalue weighted by molar-refractivity contribution is 5.54. The molecule has 8 heteroatoms. The van der Waals surface area contributed by atoms with Crippen molar-refractivity contribution in [2.75, 3.05) is 5.32 Å². The van der Waals surface area contributed by atoms with Crippen LogP contribution >= 0.6 is 0 Å². The van der Waals surface area contributed by atoms with E-state index in [1.54, 1.807) is 0 Å². The van der Waals surface area contributed by atoms with Crippen molar-refractivity contribution >= 4 is 5.82 Å². The lowest BCUT2D eigenvalue weighted by atomic mass is 9.91. The van der Waals surface area contributed by atoms with Crippen LogP contribution in [0.3, 0.4) is 0 Å². The third-order valence-corrected chi connectivity index (χ3v) is 3.97. The zero-order chi connectivity index (χ0) is 16.5. The van der Waals surface area contributed by atoms with Gasteiger partial charge in [-0.2, -0.15) is 13.2 Å². The Morgan fingerprint density at radius 1 is 1.18 bits per heavy atom. The average Bonchev–Trinajstić information content (AvgIpc) is 2.81. The van der Waals surface area contributed by atoms with Gasteiger partial charge in [0.05, 0.1) is 5.56 Å². The van der Waals surface area contributed by atoms with Crippen molar-refractivity contribution < 1.29 is 13.2 Å². The first-order chi connectivity index (χ1) is 10.3. The summed E-state index contributed by atoms with van der Waals surface area (Å²) in [6.45, 7) is 3.96. The van der Waals surface area contributed by atoms with Gasteiger partial charge in [0.1, 0.15) is 11.9 Å². The van der Waals surface area contributed by atoms with Crippen LogP contribution < -0.4 is 16.6 Å². The summed E-state index contributed by atoms with van der Waals surface area (Å²) in [5, 5.41) is 2.39. The van der Waals surface area contributed by atoms with Crippen LogP contribution in [0.4, 0.5) is 19.0 Å². The number of H-pyrrole nitrogens is 1. The van der Waals surface area contributed by atoms with Crippen LogP contribution in [0.25, 0.3) is 0 Å². The maximum atomic E-state index is 13.3. The molecule has 0 bridgehead atoms. The Balaban J connectivity index is 2.57. The Kier molecular flexibility index (Phi) is 4.67. The molecule has 1 aromatic rings. The summed E-state index contributed by atoms with van der Waals surface area (Å²) in [5.74, 6) is -0.929. The lowest BCUT2D eigenvalue weighted by molar-refractivity contribution is -0.146. The number of nitrogens with one attached hydrogen (secondary N) is 2. The van der Waals surface area contributed by atoms with E-state index >= 15 is 0 Å². The predicted octanol–water partition coefficient (Wildman–Crippen LogP) is 2.58. The first-order valence-electron chi connectivity index (χ1n) is 7.51. The smallest absolute Gasteiger partial charge is 0.359 e. The van der Waals surface area contributed by atoms with Gasteiger partial charge in [-0.15, -0.1) is 0 Å². The number of aromatic nitrogens is 2. The minimum Gasteiger partial charge on any atom is -0.359 e. The summed E-state index contributed by atoms with van der Waals surface area (Å²) in [6.07, 6.45) is -2.31. The molecule has 0 amide bonds. The quantitative estimate of drug-likeness (QED) is 0.876. The Bertz CT molecular complexity index is 648. The highest BCUT2D eigenvalue weighted by atomic mass is 19.4. The number of rotatable bonds is 5. The highest BCUT2D eigenvalue weighted by Crippen LogP contribution is 2.43. The van der Waals surface area contributed by atoms with Gasteiger partial charge in [-0.3, -0.25) is 14.3 Å². The fourth-order valence-corrected chi connectivity index (χ4v) is 2.98. The van der Waals surface area contributed by atoms with Gasteiger partial charge in [0.25, 0.3) is 5.56 Å². The summed E-state index contributed by atoms with van der Waals surface area (Å²) in [7, 11) is 0. The summed E-state index contributed by atoms with van der Waals surface area (Å²) in [6, 6.07) is -1.82. The normalized spacial score (nSPS) is 20.8. The van der Waals surface area contributed by atoms with Crippen molar-refractivity contribution in [2.45, 2.75) is 64.2 Å². The molecule has 1 aromatic heterocycles. The van der Waals surface area contributed by atoms with E-state index in [1.165, 1.54) is 4.57 Å². The third-order valence-electron chi connectivity index (χ3n) is 3.97. The molecule has 2 atom stereocenters. The van der Waals surface area contributed by atoms with Crippen LogP contribution in [0.15, 0.2) is 9.59 Å². The maximum absolute atomic E-state index is 13.3. The molecule has 22 heavy (non-hydrogen) atoms. The molecular weight excluding hydrogens is 299 g/mol. The van der Waals surface area contributed by atoms with Gasteiger partial charge in [0, 0.05) is 12.5 Å². The first kappa shape index (κ1) is 16.6. The van der Waals surface area contributed by atoms with Gasteiger partial charge < -0.3 is 5.32 Å². The van der Waals surface area contributed by atoms with Crippen LogP contribution in [0, 0.1) is 0 Å². The Morgan fingerprint density at radius 2 is 1.86 bits per heavy atom. The first-order valence-corrected chi connectivity index (χ1v) is 7.51. The van der Waals surface area contributed by atoms with Crippen LogP contribution in [0.5, 0.6) is 0 Å². The van der Waals surface area contributed by atoms with Crippen LogP contribution in [0.2, 0.25) is 0 Å². The molecule has 0 saturated carbocycles. The molecule has 1 aliphatic rings. The number of hydrogen-bond acceptors (Lipinski definition) is 3. The predicted molar refractivity (Wildman–Crippen MR) is 77.3 cm³/mol. The largest absolute Gasteiger partial charge is 0.409 e. The van der Waals surface area contributed by atoms with Crippen molar-refractivity contribution in [3.8, 4) is 0 Å². The van der Waals surface area contributed by atoms with Crippen molar-refractivity contribution in [1.82, 2.24) is 9.55 Å². The molecule has 0 unspecified atom stereocenters. The Hall–Kier alpha value is -1.73. The van der Waals surface area contributed by atoms with E-state index in [0.717, 1.165) is 6.42 Å². The number of fused-ring (bicyclic) bond motifs is 1. The Morgan fingerprint density at radius 3 is 2.41 bits per heavy atom. The van der Waals surface area contributed by atoms with Crippen molar-refractivity contribution in [3.63, 3.8) is 0 Å². The topological polar surface area (TPSA) is 66.9 Å². The number of unbranched alkanes of at least 4 members (excludes halogenated alkanes) is 1. The zero-order valence-electron chi connectivity index (χ0n) is 12.6. The van der Waals surface area contributed by atoms with Crippen LogP contribution in [0.1, 0.15) is 51.0 Å². The second-order valence-corrected chi connectivity index (χ2v) is 5.59. The fourth-order valence-electron chi connectivity index (χ4n) is 2.98. The third kappa shape index (κ3) is 2.91. The Labute approximate surface area is 125 Å². The van der Waals surface area contributed by atoms with Crippen LogP contribution in [-0.4, -0.2) is 21.8 Å². The maximum Gasteiger partial charge on any atom is 0.409 e. The van der Waals surface area contributed by atoms with E-state index < -0.39 is 29.4 Å². The second-order valence-electron chi connectivity index (χ2n) is 5.59. The molecule has 5 nitrogen and oxygen atoms in total. The van der Waals surface area contributed by atoms with Crippen molar-refractivity contribution in [1.29, 1.82) is 0 Å². The van der Waals surface area contributed by atoms with E-state index in [1.807, 2.05) is 13.8 Å². The van der Waals surface area contributed by atoms with Gasteiger partial charge in [0.2, 0.25) is 0 Å². The number of halogens is 3. The highest BCUT2D eigenvalue weighted by Gasteiger charge is 2.51. The molecule has 2 N–H and O–H groups in total. The molecule has 0 aromatic carbocycles. The van der Waals surface area contributed by atoms with E-state index in [9.17, 15) is 22.8 Å². The average molecular weight is 319 g/mol. The van der Waals surface area contributed by atoms with Crippen molar-refractivity contribution in [2.24, 2.45) is 0 Å². The number of alkyl halides is 3. The van der Waals surface area contributed by atoms with Gasteiger partial charge in [-0.1, -0.05) is 26.7 Å². The van der Waals surface area contributed by atoms with Gasteiger partial charge in [0.15, 0.2) is 0 Å². The summed E-state index contributed by atoms with van der Waals surface area (Å²) < 4.78 is 41.1. The van der Waals surface area contributed by atoms with Crippen LogP contribution in [-0.2, 0) is 6.54 Å². The van der Waals surface area contributed by atoms with Gasteiger partial charge >= 0.3 is 11.9 Å². The SMILES string of the molecule is CCCC[C@H]1c2c(n(CCC)c(=O)[nH]c2=O)N[C@H]1C(F)(F)F. The summed E-state index contributed by atoms with van der Waals surface area (Å²) in [5.41, 5.74) is -1.33. The van der Waals surface area contributed by atoms with Crippen molar-refractivity contribution in [3.05, 3.63) is 26.4 Å². The minimum atomic E-state index is -4.48. The van der Waals surface area contributed by atoms with E-state index in [2.05, 4.69) is 10.3 Å². The molecule has 2 heterocycles. The zero-order valence-corrected chi connectivity index (χ0v) is 12.6. The number of nitrogens with zero attached hydrogens (tertiary/aromatic N) is 1. The molecular formula is C14H20F3N3O2. The monoisotopic (exact) mass is 319 g/mol. The standard InChI is InChI=1S/C14H20F3N3O2/c1-3-5-6-8-9-11(18-10(8)14(15,16)17)20(7-4-2)13(22)19-12(9)21/h8,10,18H,3-7H2,1-2H3,(H,19,21,22)/t8-,10+/m0/s1. The van der Waals surface area contributed by atoms with E-state index in [4.69, 9.17) is 0 Å². The molecule has 0 fully saturated rings. The lowest BCUT2D eigenvalue weighted by Gasteiger charge is -2.22. The minimum absolute atomic E-state index is 0.0269. The molecule has 1 aliphatic heterocycles. The number of aromatic amines is 1. The molecule has 0 spiro atoms. The van der Waals surface area contributed by atoms with Gasteiger partial charge in [-0.25, -0.2) is 4.79 Å². The molecule has 0 saturated heterocycles. The second kappa shape index (κ2) is 6.18. The number of anilines is 1. The molecule has 0 aliphatic carbocycles. The van der Waals surface area contributed by atoms with E-state index in [0.29, 0.717) is 12.8 Å². The summed E-state index contributed by atoms with van der Waals surface area (Å²) in [4.78, 5) is 26.1. The fraction of sp³-hybridized carbons (Fsp3) is 0.714. The molecule has 124 valence electrons. The molecule has 2 rings (SSSR count). The molecule has 0 radical (unpaired) electrons. The van der Waals surface area contributed by atoms with E-state index in [-0.39, 0.29) is 24.3 Å². The van der Waals surface area contributed by atoms with Gasteiger partial charge in [-0.05, 0) is 12.8 Å².